The maximum atomic E-state index is 12.5. The highest BCUT2D eigenvalue weighted by Gasteiger charge is 2.11. The summed E-state index contributed by atoms with van der Waals surface area (Å²) >= 11 is 0. The lowest BCUT2D eigenvalue weighted by molar-refractivity contribution is -0.112. The molecule has 0 aromatic heterocycles. The smallest absolute Gasteiger partial charge is 0.338 e. The van der Waals surface area contributed by atoms with Crippen molar-refractivity contribution in [3.05, 3.63) is 65.2 Å². The molecule has 0 fully saturated rings. The first-order valence-corrected chi connectivity index (χ1v) is 11.0. The van der Waals surface area contributed by atoms with Gasteiger partial charge in [-0.05, 0) is 60.9 Å². The summed E-state index contributed by atoms with van der Waals surface area (Å²) in [5.74, 6) is -0.167. The van der Waals surface area contributed by atoms with Gasteiger partial charge in [0.1, 0.15) is 17.4 Å². The summed E-state index contributed by atoms with van der Waals surface area (Å²) < 4.78 is 10.8. The molecule has 0 saturated carbocycles. The van der Waals surface area contributed by atoms with Crippen molar-refractivity contribution in [1.82, 2.24) is 0 Å². The van der Waals surface area contributed by atoms with Crippen LogP contribution < -0.4 is 10.1 Å². The quantitative estimate of drug-likeness (QED) is 0.199. The number of benzene rings is 2. The zero-order valence-corrected chi connectivity index (χ0v) is 18.7. The van der Waals surface area contributed by atoms with Crippen LogP contribution in [0.4, 0.5) is 5.69 Å². The van der Waals surface area contributed by atoms with Gasteiger partial charge in [0, 0.05) is 5.69 Å². The number of nitrogens with zero attached hydrogens (tertiary/aromatic N) is 1. The van der Waals surface area contributed by atoms with Gasteiger partial charge >= 0.3 is 5.97 Å². The molecular formula is C26H30N2O4. The van der Waals surface area contributed by atoms with E-state index in [1.165, 1.54) is 6.08 Å². The highest BCUT2D eigenvalue weighted by molar-refractivity contribution is 6.09. The van der Waals surface area contributed by atoms with Crippen LogP contribution in [-0.2, 0) is 9.53 Å². The van der Waals surface area contributed by atoms with Crippen molar-refractivity contribution < 1.29 is 19.1 Å². The van der Waals surface area contributed by atoms with Crippen LogP contribution in [0.15, 0.2) is 54.1 Å². The van der Waals surface area contributed by atoms with E-state index in [0.29, 0.717) is 24.5 Å². The van der Waals surface area contributed by atoms with E-state index in [2.05, 4.69) is 12.2 Å². The van der Waals surface area contributed by atoms with Crippen molar-refractivity contribution in [2.75, 3.05) is 18.5 Å². The Balaban J connectivity index is 1.93. The fraction of sp³-hybridized carbons (Fsp3) is 0.346. The van der Waals surface area contributed by atoms with E-state index in [1.54, 1.807) is 48.5 Å². The Bertz CT molecular complexity index is 941. The zero-order chi connectivity index (χ0) is 23.2. The molecule has 0 unspecified atom stereocenters. The molecule has 6 heteroatoms. The van der Waals surface area contributed by atoms with Crippen LogP contribution in [0.2, 0.25) is 0 Å². The van der Waals surface area contributed by atoms with Crippen LogP contribution in [0.3, 0.4) is 0 Å². The van der Waals surface area contributed by atoms with Gasteiger partial charge in [0.2, 0.25) is 0 Å². The molecule has 0 aliphatic carbocycles. The van der Waals surface area contributed by atoms with Crippen LogP contribution in [0.1, 0.15) is 61.9 Å². The van der Waals surface area contributed by atoms with E-state index in [-0.39, 0.29) is 11.5 Å². The van der Waals surface area contributed by atoms with Gasteiger partial charge in [0.05, 0.1) is 18.8 Å². The minimum Gasteiger partial charge on any atom is -0.494 e. The third-order valence-corrected chi connectivity index (χ3v) is 4.64. The Morgan fingerprint density at radius 1 is 0.938 bits per heavy atom. The number of anilines is 1. The molecule has 0 heterocycles. The predicted molar refractivity (Wildman–Crippen MR) is 125 cm³/mol. The highest BCUT2D eigenvalue weighted by atomic mass is 16.5. The molecular weight excluding hydrogens is 404 g/mol. The maximum Gasteiger partial charge on any atom is 0.338 e. The van der Waals surface area contributed by atoms with Gasteiger partial charge in [-0.25, -0.2) is 4.79 Å². The largest absolute Gasteiger partial charge is 0.494 e. The van der Waals surface area contributed by atoms with E-state index in [9.17, 15) is 14.9 Å². The third kappa shape index (κ3) is 8.27. The Kier molecular flexibility index (Phi) is 10.5. The topological polar surface area (TPSA) is 88.4 Å². The van der Waals surface area contributed by atoms with Crippen LogP contribution >= 0.6 is 0 Å². The minimum absolute atomic E-state index is 0.0252. The molecule has 0 radical (unpaired) electrons. The fourth-order valence-corrected chi connectivity index (χ4v) is 2.86. The van der Waals surface area contributed by atoms with Crippen LogP contribution in [-0.4, -0.2) is 25.1 Å². The number of carbonyl (C=O) groups is 2. The second-order valence-electron chi connectivity index (χ2n) is 7.32. The van der Waals surface area contributed by atoms with Crippen molar-refractivity contribution in [1.29, 1.82) is 5.26 Å². The molecule has 0 spiro atoms. The van der Waals surface area contributed by atoms with Crippen molar-refractivity contribution >= 4 is 23.6 Å². The summed E-state index contributed by atoms with van der Waals surface area (Å²) in [7, 11) is 0. The van der Waals surface area contributed by atoms with Crippen molar-refractivity contribution in [2.24, 2.45) is 0 Å². The molecule has 6 nitrogen and oxygen atoms in total. The number of esters is 1. The number of nitriles is 1. The molecule has 2 aromatic rings. The van der Waals surface area contributed by atoms with E-state index < -0.39 is 5.91 Å². The lowest BCUT2D eigenvalue weighted by Crippen LogP contribution is -2.13. The van der Waals surface area contributed by atoms with Gasteiger partial charge in [-0.3, -0.25) is 4.79 Å². The molecule has 0 bridgehead atoms. The van der Waals surface area contributed by atoms with Gasteiger partial charge in [-0.1, -0.05) is 45.2 Å². The maximum absolute atomic E-state index is 12.5. The third-order valence-electron chi connectivity index (χ3n) is 4.64. The molecule has 0 atom stereocenters. The number of nitrogens with one attached hydrogen (secondary N) is 1. The summed E-state index contributed by atoms with van der Waals surface area (Å²) in [5, 5.41) is 12.1. The molecule has 0 aliphatic rings. The molecule has 168 valence electrons. The monoisotopic (exact) mass is 434 g/mol. The summed E-state index contributed by atoms with van der Waals surface area (Å²) in [6.07, 6.45) is 6.59. The van der Waals surface area contributed by atoms with Crippen molar-refractivity contribution in [3.8, 4) is 11.8 Å². The number of hydrogen-bond donors (Lipinski definition) is 1. The molecule has 2 aromatic carbocycles. The molecule has 32 heavy (non-hydrogen) atoms. The van der Waals surface area contributed by atoms with Gasteiger partial charge in [0.25, 0.3) is 5.91 Å². The van der Waals surface area contributed by atoms with Crippen LogP contribution in [0, 0.1) is 11.3 Å². The molecule has 0 saturated heterocycles. The summed E-state index contributed by atoms with van der Waals surface area (Å²) in [6, 6.07) is 15.5. The van der Waals surface area contributed by atoms with Crippen molar-refractivity contribution in [3.63, 3.8) is 0 Å². The lowest BCUT2D eigenvalue weighted by atomic mass is 10.1. The van der Waals surface area contributed by atoms with E-state index in [1.807, 2.05) is 13.0 Å². The average Bonchev–Trinajstić information content (AvgIpc) is 2.82. The van der Waals surface area contributed by atoms with E-state index in [4.69, 9.17) is 9.47 Å². The first kappa shape index (κ1) is 24.7. The van der Waals surface area contributed by atoms with Crippen LogP contribution in [0.25, 0.3) is 6.08 Å². The van der Waals surface area contributed by atoms with Gasteiger partial charge in [-0.15, -0.1) is 0 Å². The number of rotatable bonds is 12. The first-order chi connectivity index (χ1) is 15.6. The summed E-state index contributed by atoms with van der Waals surface area (Å²) in [6.45, 7) is 5.20. The molecule has 2 rings (SSSR count). The molecule has 1 amide bonds. The second-order valence-corrected chi connectivity index (χ2v) is 7.32. The normalized spacial score (nSPS) is 10.8. The highest BCUT2D eigenvalue weighted by Crippen LogP contribution is 2.16. The average molecular weight is 435 g/mol. The molecule has 1 N–H and O–H groups in total. The number of hydrogen-bond acceptors (Lipinski definition) is 5. The summed E-state index contributed by atoms with van der Waals surface area (Å²) in [4.78, 5) is 24.6. The Morgan fingerprint density at radius 2 is 1.66 bits per heavy atom. The number of unbranched alkanes of at least 4 members (excludes halogenated alkanes) is 3. The Labute approximate surface area is 189 Å². The molecule has 0 aliphatic heterocycles. The van der Waals surface area contributed by atoms with E-state index in [0.717, 1.165) is 43.4 Å². The number of carbonyl (C=O) groups excluding carboxylic acids is 2. The Hall–Kier alpha value is -3.59. The second kappa shape index (κ2) is 13.7. The lowest BCUT2D eigenvalue weighted by Gasteiger charge is -2.07. The fourth-order valence-electron chi connectivity index (χ4n) is 2.86. The SMILES string of the molecule is CCCCCCOC(=O)c1ccc(NC(=O)/C(C#N)=C/c2ccc(OCCC)cc2)cc1. The Morgan fingerprint density at radius 3 is 2.28 bits per heavy atom. The summed E-state index contributed by atoms with van der Waals surface area (Å²) in [5.41, 5.74) is 1.60. The van der Waals surface area contributed by atoms with Gasteiger partial charge in [-0.2, -0.15) is 5.26 Å². The van der Waals surface area contributed by atoms with Gasteiger partial charge < -0.3 is 14.8 Å². The first-order valence-electron chi connectivity index (χ1n) is 11.0. The van der Waals surface area contributed by atoms with E-state index >= 15 is 0 Å². The zero-order valence-electron chi connectivity index (χ0n) is 18.7. The van der Waals surface area contributed by atoms with Crippen molar-refractivity contribution in [2.45, 2.75) is 46.0 Å². The number of ether oxygens (including phenoxy) is 2. The number of amides is 1. The standard InChI is InChI=1S/C26H30N2O4/c1-3-5-6-7-17-32-26(30)21-10-12-23(13-11-21)28-25(29)22(19-27)18-20-8-14-24(15-9-20)31-16-4-2/h8-15,18H,3-7,16-17H2,1-2H3,(H,28,29)/b22-18+. The van der Waals surface area contributed by atoms with Gasteiger partial charge in [0.15, 0.2) is 0 Å². The predicted octanol–water partition coefficient (Wildman–Crippen LogP) is 5.76. The van der Waals surface area contributed by atoms with Crippen LogP contribution in [0.5, 0.6) is 5.75 Å². The minimum atomic E-state index is -0.523.